The van der Waals surface area contributed by atoms with E-state index >= 15 is 0 Å². The highest BCUT2D eigenvalue weighted by atomic mass is 15.0. The van der Waals surface area contributed by atoms with Crippen LogP contribution in [0.5, 0.6) is 0 Å². The van der Waals surface area contributed by atoms with Crippen molar-refractivity contribution in [3.8, 4) is 67.8 Å². The zero-order chi connectivity index (χ0) is 35.7. The summed E-state index contributed by atoms with van der Waals surface area (Å²) in [7, 11) is 0. The van der Waals surface area contributed by atoms with Gasteiger partial charge in [-0.3, -0.25) is 9.97 Å². The van der Waals surface area contributed by atoms with Gasteiger partial charge in [-0.1, -0.05) is 135 Å². The van der Waals surface area contributed by atoms with E-state index in [2.05, 4.69) is 116 Å². The molecular weight excluding hydrogens is 649 g/mol. The number of pyridine rings is 3. The van der Waals surface area contributed by atoms with Crippen molar-refractivity contribution in [3.63, 3.8) is 0 Å². The smallest absolute Gasteiger partial charge is 0.182 e. The lowest BCUT2D eigenvalue weighted by molar-refractivity contribution is 0.830. The van der Waals surface area contributed by atoms with Gasteiger partial charge in [0, 0.05) is 39.4 Å². The third kappa shape index (κ3) is 6.32. The molecule has 0 fully saturated rings. The number of aromatic nitrogens is 6. The molecule has 4 heterocycles. The van der Waals surface area contributed by atoms with Crippen molar-refractivity contribution in [2.45, 2.75) is 19.8 Å². The second-order valence-electron chi connectivity index (χ2n) is 13.4. The first kappa shape index (κ1) is 32.0. The molecule has 9 aromatic rings. The van der Waals surface area contributed by atoms with Crippen molar-refractivity contribution in [1.29, 1.82) is 0 Å². The zero-order valence-electron chi connectivity index (χ0n) is 29.3. The summed E-state index contributed by atoms with van der Waals surface area (Å²) < 4.78 is 0. The van der Waals surface area contributed by atoms with Crippen LogP contribution in [-0.4, -0.2) is 29.9 Å². The molecule has 0 aliphatic heterocycles. The van der Waals surface area contributed by atoms with Crippen molar-refractivity contribution in [2.24, 2.45) is 0 Å². The summed E-state index contributed by atoms with van der Waals surface area (Å²) in [6.45, 7) is 4.35. The van der Waals surface area contributed by atoms with Crippen molar-refractivity contribution in [2.75, 3.05) is 0 Å². The summed E-state index contributed by atoms with van der Waals surface area (Å²) >= 11 is 0. The molecule has 0 atom stereocenters. The van der Waals surface area contributed by atoms with Crippen LogP contribution in [0.1, 0.15) is 25.5 Å². The van der Waals surface area contributed by atoms with Gasteiger partial charge in [-0.2, -0.15) is 0 Å². The lowest BCUT2D eigenvalue weighted by Gasteiger charge is -2.14. The molecule has 0 N–H and O–H groups in total. The van der Waals surface area contributed by atoms with E-state index in [1.54, 1.807) is 6.20 Å². The monoisotopic (exact) mass is 682 g/mol. The Morgan fingerprint density at radius 1 is 0.396 bits per heavy atom. The van der Waals surface area contributed by atoms with Crippen LogP contribution < -0.4 is 0 Å². The minimum Gasteiger partial charge on any atom is -0.253 e. The number of fused-ring (bicyclic) bond motifs is 3. The van der Waals surface area contributed by atoms with Gasteiger partial charge in [-0.25, -0.2) is 19.9 Å². The second kappa shape index (κ2) is 13.7. The first-order valence-electron chi connectivity index (χ1n) is 17.8. The Hall–Kier alpha value is -6.92. The van der Waals surface area contributed by atoms with Gasteiger partial charge < -0.3 is 0 Å². The van der Waals surface area contributed by atoms with E-state index in [-0.39, 0.29) is 0 Å². The Balaban J connectivity index is 1.18. The summed E-state index contributed by atoms with van der Waals surface area (Å²) in [4.78, 5) is 29.6. The summed E-state index contributed by atoms with van der Waals surface area (Å²) in [5.41, 5.74) is 11.7. The Morgan fingerprint density at radius 2 is 1.00 bits per heavy atom. The van der Waals surface area contributed by atoms with E-state index in [9.17, 15) is 0 Å². The molecule has 6 heteroatoms. The average Bonchev–Trinajstić information content (AvgIpc) is 3.24. The number of nitrogens with zero attached hydrogens (tertiary/aromatic N) is 6. The van der Waals surface area contributed by atoms with Gasteiger partial charge in [0.15, 0.2) is 17.5 Å². The van der Waals surface area contributed by atoms with Gasteiger partial charge in [0.2, 0.25) is 0 Å². The van der Waals surface area contributed by atoms with Crippen LogP contribution in [0.25, 0.3) is 89.6 Å². The van der Waals surface area contributed by atoms with Crippen LogP contribution in [0, 0.1) is 0 Å². The summed E-state index contributed by atoms with van der Waals surface area (Å²) in [5, 5.41) is 2.15. The van der Waals surface area contributed by atoms with Crippen molar-refractivity contribution < 1.29 is 0 Å². The largest absolute Gasteiger partial charge is 0.253 e. The highest BCUT2D eigenvalue weighted by molar-refractivity contribution is 6.09. The van der Waals surface area contributed by atoms with Crippen molar-refractivity contribution in [3.05, 3.63) is 170 Å². The molecule has 0 saturated heterocycles. The van der Waals surface area contributed by atoms with Gasteiger partial charge in [-0.05, 0) is 64.6 Å². The Labute approximate surface area is 308 Å². The van der Waals surface area contributed by atoms with Crippen LogP contribution in [-0.2, 0) is 0 Å². The fraction of sp³-hybridized carbons (Fsp3) is 0.0638. The van der Waals surface area contributed by atoms with Gasteiger partial charge >= 0.3 is 0 Å². The maximum absolute atomic E-state index is 5.26. The minimum atomic E-state index is 0.308. The molecule has 5 aromatic carbocycles. The summed E-state index contributed by atoms with van der Waals surface area (Å²) in [6, 6.07) is 54.0. The van der Waals surface area contributed by atoms with Crippen molar-refractivity contribution in [1.82, 2.24) is 29.9 Å². The first-order valence-corrected chi connectivity index (χ1v) is 17.8. The van der Waals surface area contributed by atoms with Crippen LogP contribution in [0.2, 0.25) is 0 Å². The molecule has 6 nitrogen and oxygen atoms in total. The lowest BCUT2D eigenvalue weighted by Crippen LogP contribution is -2.01. The van der Waals surface area contributed by atoms with E-state index in [4.69, 9.17) is 24.9 Å². The number of hydrogen-bond donors (Lipinski definition) is 0. The fourth-order valence-corrected chi connectivity index (χ4v) is 6.74. The maximum Gasteiger partial charge on any atom is 0.182 e. The van der Waals surface area contributed by atoms with E-state index in [0.717, 1.165) is 72.1 Å². The molecule has 0 unspecified atom stereocenters. The first-order chi connectivity index (χ1) is 26.1. The van der Waals surface area contributed by atoms with E-state index in [1.807, 2.05) is 60.7 Å². The van der Waals surface area contributed by atoms with E-state index in [0.29, 0.717) is 29.1 Å². The van der Waals surface area contributed by atoms with Crippen LogP contribution in [0.15, 0.2) is 164 Å². The molecular formula is C47H34N6. The van der Waals surface area contributed by atoms with Gasteiger partial charge in [0.05, 0.1) is 16.7 Å². The number of rotatable bonds is 7. The molecule has 4 aromatic heterocycles. The van der Waals surface area contributed by atoms with Gasteiger partial charge in [0.1, 0.15) is 5.69 Å². The Bertz CT molecular complexity index is 2690. The Morgan fingerprint density at radius 3 is 1.72 bits per heavy atom. The highest BCUT2D eigenvalue weighted by Crippen LogP contribution is 2.37. The lowest BCUT2D eigenvalue weighted by atomic mass is 9.94. The van der Waals surface area contributed by atoms with Crippen LogP contribution in [0.4, 0.5) is 0 Å². The third-order valence-corrected chi connectivity index (χ3v) is 9.51. The standard InChI is InChI=1S/C47H34N6/c1-30(2)40-25-23-32-22-24-38-39(29-42(31-13-5-3-6-14-31)50-44(38)43(32)49-40)36-19-11-17-34(27-36)35-18-12-20-37(28-35)46-51-45(33-15-7-4-8-16-33)52-47(53-46)41-21-9-10-26-48-41/h3-30H,1-2H3. The normalized spacial score (nSPS) is 11.4. The summed E-state index contributed by atoms with van der Waals surface area (Å²) in [5.74, 6) is 2.03. The number of hydrogen-bond acceptors (Lipinski definition) is 6. The third-order valence-electron chi connectivity index (χ3n) is 9.51. The zero-order valence-corrected chi connectivity index (χ0v) is 29.3. The second-order valence-corrected chi connectivity index (χ2v) is 13.4. The molecule has 0 bridgehead atoms. The van der Waals surface area contributed by atoms with Gasteiger partial charge in [0.25, 0.3) is 0 Å². The minimum absolute atomic E-state index is 0.308. The molecule has 9 rings (SSSR count). The average molecular weight is 683 g/mol. The van der Waals surface area contributed by atoms with E-state index < -0.39 is 0 Å². The molecule has 53 heavy (non-hydrogen) atoms. The molecule has 0 amide bonds. The predicted octanol–water partition coefficient (Wildman–Crippen LogP) is 11.5. The molecule has 0 radical (unpaired) electrons. The molecule has 0 aliphatic carbocycles. The van der Waals surface area contributed by atoms with Crippen LogP contribution in [0.3, 0.4) is 0 Å². The SMILES string of the molecule is CC(C)c1ccc2ccc3c(-c4cccc(-c5cccc(-c6nc(-c7ccccc7)nc(-c7ccccn7)n6)c5)c4)cc(-c4ccccc4)nc3c2n1. The summed E-state index contributed by atoms with van der Waals surface area (Å²) in [6.07, 6.45) is 1.76. The highest BCUT2D eigenvalue weighted by Gasteiger charge is 2.16. The predicted molar refractivity (Wildman–Crippen MR) is 215 cm³/mol. The fourth-order valence-electron chi connectivity index (χ4n) is 6.74. The molecule has 0 aliphatic rings. The van der Waals surface area contributed by atoms with Gasteiger partial charge in [-0.15, -0.1) is 0 Å². The van der Waals surface area contributed by atoms with Crippen molar-refractivity contribution >= 4 is 21.8 Å². The molecule has 0 saturated carbocycles. The van der Waals surface area contributed by atoms with Crippen LogP contribution >= 0.6 is 0 Å². The molecule has 252 valence electrons. The Kier molecular flexibility index (Phi) is 8.25. The topological polar surface area (TPSA) is 77.3 Å². The molecule has 0 spiro atoms. The van der Waals surface area contributed by atoms with E-state index in [1.165, 1.54) is 0 Å². The quantitative estimate of drug-likeness (QED) is 0.156. The number of benzene rings is 5. The maximum atomic E-state index is 5.26.